The van der Waals surface area contributed by atoms with Gasteiger partial charge in [0.2, 0.25) is 11.8 Å². The van der Waals surface area contributed by atoms with E-state index in [0.717, 1.165) is 6.07 Å². The highest BCUT2D eigenvalue weighted by Crippen LogP contribution is 2.60. The fourth-order valence-electron chi connectivity index (χ4n) is 7.76. The molecule has 1 saturated carbocycles. The smallest absolute Gasteiger partial charge is 0.433 e. The highest BCUT2D eigenvalue weighted by Gasteiger charge is 2.67. The van der Waals surface area contributed by atoms with Crippen molar-refractivity contribution in [2.24, 2.45) is 5.41 Å². The van der Waals surface area contributed by atoms with Crippen molar-refractivity contribution in [1.29, 1.82) is 0 Å². The number of hydrogen-bond donors (Lipinski definition) is 1. The number of rotatable bonds is 4. The van der Waals surface area contributed by atoms with Crippen molar-refractivity contribution >= 4 is 40.4 Å². The standard InChI is InChI=1S/C41H45F3N8O6/c1-23-10-11-31(41(42,43)44)47-36(23)48-37(55)30-16-40-17-32(40)52(30)33(54)21-51-35-27(20-50(38(56)58-39(4,5)6)12-8-7-9-13-57-22-40)14-26(28-18-45-25(3)46-19-28)15-29(35)34(49-51)24(2)53/h7,9-11,14-15,18-19,30,32H,8,12-13,16-17,20-22H2,1-6H3,(H,47,48,55)/t30-,32+,40-/m0/s1. The van der Waals surface area contributed by atoms with Crippen LogP contribution in [0.1, 0.15) is 80.1 Å². The Morgan fingerprint density at radius 1 is 1.00 bits per heavy atom. The summed E-state index contributed by atoms with van der Waals surface area (Å²) in [4.78, 5) is 71.0. The first-order chi connectivity index (χ1) is 27.3. The van der Waals surface area contributed by atoms with Crippen molar-refractivity contribution in [3.63, 3.8) is 0 Å². The van der Waals surface area contributed by atoms with Crippen LogP contribution < -0.4 is 5.32 Å². The van der Waals surface area contributed by atoms with Gasteiger partial charge in [-0.15, -0.1) is 0 Å². The number of amides is 3. The number of nitrogens with zero attached hydrogens (tertiary/aromatic N) is 7. The first-order valence-corrected chi connectivity index (χ1v) is 19.0. The molecule has 3 atom stereocenters. The van der Waals surface area contributed by atoms with Crippen LogP contribution in [0.4, 0.5) is 23.8 Å². The Morgan fingerprint density at radius 3 is 2.43 bits per heavy atom. The number of hydrogen-bond acceptors (Lipinski definition) is 10. The number of ether oxygens (including phenoxy) is 2. The minimum absolute atomic E-state index is 0.0113. The molecule has 3 aliphatic rings. The summed E-state index contributed by atoms with van der Waals surface area (Å²) in [6.45, 7) is 10.3. The molecule has 4 aromatic rings. The van der Waals surface area contributed by atoms with Crippen LogP contribution in [0.15, 0.2) is 48.8 Å². The second-order valence-corrected chi connectivity index (χ2v) is 16.2. The normalized spacial score (nSPS) is 21.4. The molecule has 0 radical (unpaired) electrons. The van der Waals surface area contributed by atoms with Gasteiger partial charge in [0.1, 0.15) is 41.2 Å². The molecule has 1 aliphatic carbocycles. The number of aromatic nitrogens is 5. The van der Waals surface area contributed by atoms with Crippen LogP contribution in [0.2, 0.25) is 0 Å². The van der Waals surface area contributed by atoms with Crippen molar-refractivity contribution < 1.29 is 41.8 Å². The molecule has 0 unspecified atom stereocenters. The van der Waals surface area contributed by atoms with E-state index in [-0.39, 0.29) is 50.0 Å². The number of halogens is 3. The number of piperidine rings is 1. The predicted molar refractivity (Wildman–Crippen MR) is 205 cm³/mol. The van der Waals surface area contributed by atoms with Gasteiger partial charge in [-0.3, -0.25) is 19.1 Å². The van der Waals surface area contributed by atoms with Gasteiger partial charge < -0.3 is 24.6 Å². The van der Waals surface area contributed by atoms with E-state index < -0.39 is 59.4 Å². The lowest BCUT2D eigenvalue weighted by molar-refractivity contribution is -0.141. The lowest BCUT2D eigenvalue weighted by Gasteiger charge is -2.28. The van der Waals surface area contributed by atoms with Gasteiger partial charge in [-0.25, -0.2) is 19.7 Å². The highest BCUT2D eigenvalue weighted by molar-refractivity contribution is 6.07. The van der Waals surface area contributed by atoms with Crippen LogP contribution in [0.3, 0.4) is 0 Å². The SMILES string of the molecule is CC(=O)c1nn2c3c(cc(-c4cnc(C)nc4)cc13)CN(C(=O)OC(C)(C)C)CCC=CCOC[C@@]13C[C@@H](C(=O)Nc4nc(C(F)(F)F)ccc4C)N(C(=O)C2)[C@@H]1C3. The Hall–Kier alpha value is -5.71. The summed E-state index contributed by atoms with van der Waals surface area (Å²) in [5, 5.41) is 7.67. The fourth-order valence-corrected chi connectivity index (χ4v) is 7.76. The summed E-state index contributed by atoms with van der Waals surface area (Å²) in [5.41, 5.74) is 0.189. The van der Waals surface area contributed by atoms with Crippen LogP contribution in [-0.2, 0) is 38.3 Å². The Morgan fingerprint density at radius 2 is 1.74 bits per heavy atom. The van der Waals surface area contributed by atoms with Crippen molar-refractivity contribution in [2.75, 3.05) is 25.1 Å². The van der Waals surface area contributed by atoms with Gasteiger partial charge in [0.25, 0.3) is 0 Å². The van der Waals surface area contributed by atoms with Gasteiger partial charge in [0, 0.05) is 48.3 Å². The van der Waals surface area contributed by atoms with Gasteiger partial charge >= 0.3 is 12.3 Å². The monoisotopic (exact) mass is 802 g/mol. The summed E-state index contributed by atoms with van der Waals surface area (Å²) in [7, 11) is 0. The number of carbonyl (C=O) groups is 4. The average molecular weight is 803 g/mol. The minimum Gasteiger partial charge on any atom is -0.444 e. The van der Waals surface area contributed by atoms with E-state index >= 15 is 0 Å². The van der Waals surface area contributed by atoms with Crippen LogP contribution in [0.5, 0.6) is 0 Å². The quantitative estimate of drug-likeness (QED) is 0.180. The van der Waals surface area contributed by atoms with Gasteiger partial charge in [-0.1, -0.05) is 18.2 Å². The molecule has 3 aromatic heterocycles. The van der Waals surface area contributed by atoms with Crippen LogP contribution in [0.25, 0.3) is 22.0 Å². The molecule has 1 aromatic carbocycles. The maximum absolute atomic E-state index is 14.6. The van der Waals surface area contributed by atoms with E-state index in [0.29, 0.717) is 51.8 Å². The third-order valence-electron chi connectivity index (χ3n) is 10.6. The van der Waals surface area contributed by atoms with Crippen molar-refractivity contribution in [3.05, 3.63) is 77.2 Å². The molecule has 1 N–H and O–H groups in total. The van der Waals surface area contributed by atoms with Gasteiger partial charge in [0.15, 0.2) is 5.78 Å². The van der Waals surface area contributed by atoms with Crippen LogP contribution >= 0.6 is 0 Å². The number of alkyl halides is 3. The molecule has 0 spiro atoms. The van der Waals surface area contributed by atoms with E-state index in [4.69, 9.17) is 9.47 Å². The zero-order chi connectivity index (χ0) is 41.7. The zero-order valence-electron chi connectivity index (χ0n) is 33.1. The van der Waals surface area contributed by atoms with Gasteiger partial charge in [-0.2, -0.15) is 18.3 Å². The summed E-state index contributed by atoms with van der Waals surface area (Å²) in [6.07, 6.45) is 2.99. The number of pyridine rings is 1. The molecule has 2 fully saturated rings. The number of ketones is 1. The maximum atomic E-state index is 14.6. The average Bonchev–Trinajstić information content (AvgIpc) is 3.54. The van der Waals surface area contributed by atoms with Gasteiger partial charge in [-0.05, 0) is 88.8 Å². The Kier molecular flexibility index (Phi) is 10.6. The largest absolute Gasteiger partial charge is 0.444 e. The van der Waals surface area contributed by atoms with E-state index in [1.165, 1.54) is 29.5 Å². The molecule has 7 rings (SSSR count). The number of aryl methyl sites for hydroxylation is 2. The third kappa shape index (κ3) is 8.31. The number of nitrogens with one attached hydrogen (secondary N) is 1. The second kappa shape index (κ2) is 15.2. The minimum atomic E-state index is -4.73. The summed E-state index contributed by atoms with van der Waals surface area (Å²) in [6, 6.07) is 4.24. The number of anilines is 1. The molecule has 3 amide bonds. The molecule has 2 aliphatic heterocycles. The topological polar surface area (TPSA) is 162 Å². The fraction of sp³-hybridized carbons (Fsp3) is 0.463. The maximum Gasteiger partial charge on any atom is 0.433 e. The number of benzene rings is 1. The molecule has 14 nitrogen and oxygen atoms in total. The summed E-state index contributed by atoms with van der Waals surface area (Å²) in [5.74, 6) is -1.23. The highest BCUT2D eigenvalue weighted by atomic mass is 19.4. The summed E-state index contributed by atoms with van der Waals surface area (Å²) >= 11 is 0. The number of carbonyl (C=O) groups excluding carboxylic acids is 4. The van der Waals surface area contributed by atoms with Crippen molar-refractivity contribution in [3.8, 4) is 11.1 Å². The molecule has 1 saturated heterocycles. The Bertz CT molecular complexity index is 2320. The molecular weight excluding hydrogens is 757 g/mol. The number of Topliss-reactive ketones (excluding diaryl/α,β-unsaturated/α-hetero) is 1. The lowest BCUT2D eigenvalue weighted by atomic mass is 9.99. The molecule has 5 heterocycles. The van der Waals surface area contributed by atoms with E-state index in [9.17, 15) is 32.3 Å². The molecule has 17 heteroatoms. The Labute approximate surface area is 332 Å². The Balaban J connectivity index is 1.32. The van der Waals surface area contributed by atoms with E-state index in [1.807, 2.05) is 18.2 Å². The summed E-state index contributed by atoms with van der Waals surface area (Å²) < 4.78 is 54.0. The van der Waals surface area contributed by atoms with Crippen LogP contribution in [-0.4, -0.2) is 95.7 Å². The lowest BCUT2D eigenvalue weighted by Crippen LogP contribution is -2.47. The molecular formula is C41H45F3N8O6. The van der Waals surface area contributed by atoms with Crippen LogP contribution in [0, 0.1) is 19.3 Å². The van der Waals surface area contributed by atoms with Gasteiger partial charge in [0.05, 0.1) is 25.3 Å². The predicted octanol–water partition coefficient (Wildman–Crippen LogP) is 6.44. The molecule has 2 bridgehead atoms. The molecule has 58 heavy (non-hydrogen) atoms. The first kappa shape index (κ1) is 40.5. The second-order valence-electron chi connectivity index (χ2n) is 16.2. The molecule has 306 valence electrons. The third-order valence-corrected chi connectivity index (χ3v) is 10.6. The van der Waals surface area contributed by atoms with E-state index in [1.54, 1.807) is 51.1 Å². The zero-order valence-corrected chi connectivity index (χ0v) is 33.1. The van der Waals surface area contributed by atoms with Crippen molar-refractivity contribution in [1.82, 2.24) is 34.5 Å². The van der Waals surface area contributed by atoms with E-state index in [2.05, 4.69) is 25.4 Å². The first-order valence-electron chi connectivity index (χ1n) is 19.0. The van der Waals surface area contributed by atoms with Crippen molar-refractivity contribution in [2.45, 2.75) is 97.8 Å².